The van der Waals surface area contributed by atoms with Gasteiger partial charge in [0.15, 0.2) is 5.96 Å². The number of primary amides is 1. The molecule has 0 aromatic heterocycles. The lowest BCUT2D eigenvalue weighted by molar-refractivity contribution is -0.138. The standard InChI is InChI=1S/C53H63N9O6/c1-2-13-46(63)62-53(27-25-40(26-28-53)38-17-7-4-8-18-38)51(68)61-45(32-35-14-5-3-6-15-35)50(67)59-43(22-12-29-57-52(55)56)49(66)60-44(33-36-23-24-39-19-9-10-20-41(39)30-36)48(65)58-34-37-16-11-21-42(31-37)47(54)64/h3-11,14-21,23-24,30-31,40,43-45H,2,12-13,22,25-29,32-34H2,1H3,(H2,54,64)(H,58,65)(H,59,67)(H,60,66)(H,61,68)(H,62,63)(H4,55,56,57)/t40-,43-,44-,45+,53+/m0/s1. The van der Waals surface area contributed by atoms with Crippen LogP contribution in [-0.2, 0) is 43.4 Å². The van der Waals surface area contributed by atoms with Gasteiger partial charge in [-0.25, -0.2) is 0 Å². The molecule has 1 aliphatic rings. The highest BCUT2D eigenvalue weighted by molar-refractivity contribution is 5.97. The number of amides is 6. The minimum atomic E-state index is -1.27. The van der Waals surface area contributed by atoms with E-state index in [0.29, 0.717) is 44.1 Å². The first-order valence-corrected chi connectivity index (χ1v) is 23.4. The van der Waals surface area contributed by atoms with Crippen LogP contribution in [0.1, 0.15) is 96.8 Å². The predicted octanol–water partition coefficient (Wildman–Crippen LogP) is 4.77. The van der Waals surface area contributed by atoms with Gasteiger partial charge < -0.3 is 43.4 Å². The Labute approximate surface area is 397 Å². The summed E-state index contributed by atoms with van der Waals surface area (Å²) in [6, 6.07) is 35.9. The molecule has 15 nitrogen and oxygen atoms in total. The highest BCUT2D eigenvalue weighted by atomic mass is 16.2. The summed E-state index contributed by atoms with van der Waals surface area (Å²) < 4.78 is 0. The first-order chi connectivity index (χ1) is 32.8. The number of fused-ring (bicyclic) bond motifs is 1. The minimum Gasteiger partial charge on any atom is -0.370 e. The van der Waals surface area contributed by atoms with E-state index in [-0.39, 0.29) is 62.1 Å². The normalized spacial score (nSPS) is 16.8. The maximum absolute atomic E-state index is 14.7. The molecule has 1 saturated carbocycles. The third kappa shape index (κ3) is 14.2. The number of guanidine groups is 1. The quantitative estimate of drug-likeness (QED) is 0.0265. The second-order valence-electron chi connectivity index (χ2n) is 17.6. The zero-order valence-corrected chi connectivity index (χ0v) is 38.5. The van der Waals surface area contributed by atoms with E-state index < -0.39 is 53.2 Å². The van der Waals surface area contributed by atoms with E-state index in [1.54, 1.807) is 24.3 Å². The lowest BCUT2D eigenvalue weighted by atomic mass is 9.73. The number of carbonyl (C=O) groups is 6. The fourth-order valence-electron chi connectivity index (χ4n) is 8.79. The first-order valence-electron chi connectivity index (χ1n) is 23.4. The van der Waals surface area contributed by atoms with Crippen LogP contribution in [0.4, 0.5) is 0 Å². The molecular formula is C53H63N9O6. The summed E-state index contributed by atoms with van der Waals surface area (Å²) in [5.74, 6) is -3.20. The van der Waals surface area contributed by atoms with E-state index in [1.165, 1.54) is 0 Å². The molecule has 0 aliphatic heterocycles. The molecule has 5 aromatic carbocycles. The Balaban J connectivity index is 1.26. The summed E-state index contributed by atoms with van der Waals surface area (Å²) in [5, 5.41) is 27.1. The molecule has 0 spiro atoms. The summed E-state index contributed by atoms with van der Waals surface area (Å²) in [5.41, 5.74) is 13.4. The van der Waals surface area contributed by atoms with Crippen molar-refractivity contribution >= 4 is 52.2 Å². The van der Waals surface area contributed by atoms with Gasteiger partial charge in [0.1, 0.15) is 23.7 Å². The molecule has 0 heterocycles. The SMILES string of the molecule is CCCC(=O)N[C@]1(C(=O)N[C@H](Cc2ccccc2)C(=O)N[C@@H](CCCNC(=N)N)C(=O)N[C@@H](Cc2ccc3ccccc3c2)C(=O)NCc2cccc(C(N)=O)c2)CC[C@H](c2ccccc2)CC1. The number of hydrogen-bond donors (Lipinski definition) is 9. The third-order valence-electron chi connectivity index (χ3n) is 12.5. The molecule has 0 radical (unpaired) electrons. The summed E-state index contributed by atoms with van der Waals surface area (Å²) in [6.45, 7) is 2.15. The van der Waals surface area contributed by atoms with Crippen molar-refractivity contribution in [2.24, 2.45) is 11.5 Å². The van der Waals surface area contributed by atoms with Crippen LogP contribution in [0.2, 0.25) is 0 Å². The van der Waals surface area contributed by atoms with E-state index in [4.69, 9.17) is 16.9 Å². The van der Waals surface area contributed by atoms with Crippen LogP contribution in [0.25, 0.3) is 10.8 Å². The number of benzene rings is 5. The molecule has 6 rings (SSSR count). The van der Waals surface area contributed by atoms with Gasteiger partial charge in [-0.1, -0.05) is 122 Å². The minimum absolute atomic E-state index is 0.0368. The zero-order chi connectivity index (χ0) is 48.5. The summed E-state index contributed by atoms with van der Waals surface area (Å²) >= 11 is 0. The second-order valence-corrected chi connectivity index (χ2v) is 17.6. The smallest absolute Gasteiger partial charge is 0.248 e. The highest BCUT2D eigenvalue weighted by Crippen LogP contribution is 2.38. The Hall–Kier alpha value is -7.55. The molecule has 0 saturated heterocycles. The Morgan fingerprint density at radius 1 is 0.647 bits per heavy atom. The zero-order valence-electron chi connectivity index (χ0n) is 38.5. The van der Waals surface area contributed by atoms with Crippen molar-refractivity contribution in [2.45, 2.75) is 107 Å². The summed E-state index contributed by atoms with van der Waals surface area (Å²) in [7, 11) is 0. The van der Waals surface area contributed by atoms with Gasteiger partial charge in [-0.2, -0.15) is 0 Å². The molecule has 6 amide bonds. The highest BCUT2D eigenvalue weighted by Gasteiger charge is 2.44. The number of nitrogens with one attached hydrogen (secondary N) is 7. The van der Waals surface area contributed by atoms with E-state index in [9.17, 15) is 28.8 Å². The molecule has 68 heavy (non-hydrogen) atoms. The lowest BCUT2D eigenvalue weighted by Gasteiger charge is -2.40. The Bertz CT molecular complexity index is 2550. The summed E-state index contributed by atoms with van der Waals surface area (Å²) in [4.78, 5) is 83.2. The maximum Gasteiger partial charge on any atom is 0.248 e. The number of hydrogen-bond acceptors (Lipinski definition) is 7. The van der Waals surface area contributed by atoms with Crippen molar-refractivity contribution in [1.82, 2.24) is 31.9 Å². The molecule has 0 bridgehead atoms. The molecule has 15 heteroatoms. The molecule has 0 unspecified atom stereocenters. The Kier molecular flexibility index (Phi) is 17.8. The lowest BCUT2D eigenvalue weighted by Crippen LogP contribution is -2.64. The van der Waals surface area contributed by atoms with Gasteiger partial charge in [-0.05, 0) is 96.0 Å². The van der Waals surface area contributed by atoms with Crippen molar-refractivity contribution in [3.8, 4) is 0 Å². The Morgan fingerprint density at radius 3 is 1.96 bits per heavy atom. The van der Waals surface area contributed by atoms with Crippen LogP contribution in [0.3, 0.4) is 0 Å². The van der Waals surface area contributed by atoms with Crippen molar-refractivity contribution in [1.29, 1.82) is 5.41 Å². The largest absolute Gasteiger partial charge is 0.370 e. The van der Waals surface area contributed by atoms with Crippen LogP contribution in [-0.4, -0.2) is 71.6 Å². The van der Waals surface area contributed by atoms with Crippen LogP contribution < -0.4 is 43.4 Å². The number of carbonyl (C=O) groups excluding carboxylic acids is 6. The maximum atomic E-state index is 14.7. The van der Waals surface area contributed by atoms with Gasteiger partial charge in [0.05, 0.1) is 0 Å². The van der Waals surface area contributed by atoms with Crippen LogP contribution in [0, 0.1) is 5.41 Å². The molecule has 5 aromatic rings. The van der Waals surface area contributed by atoms with Gasteiger partial charge in [-0.15, -0.1) is 0 Å². The van der Waals surface area contributed by atoms with E-state index in [1.807, 2.05) is 97.9 Å². The average Bonchev–Trinajstić information content (AvgIpc) is 3.34. The Morgan fingerprint density at radius 2 is 1.26 bits per heavy atom. The van der Waals surface area contributed by atoms with Crippen LogP contribution in [0.5, 0.6) is 0 Å². The molecule has 3 atom stereocenters. The topological polar surface area (TPSA) is 250 Å². The van der Waals surface area contributed by atoms with Gasteiger partial charge in [-0.3, -0.25) is 34.2 Å². The monoisotopic (exact) mass is 921 g/mol. The molecule has 356 valence electrons. The van der Waals surface area contributed by atoms with Gasteiger partial charge in [0, 0.05) is 37.9 Å². The van der Waals surface area contributed by atoms with Gasteiger partial charge in [0.2, 0.25) is 35.4 Å². The average molecular weight is 922 g/mol. The van der Waals surface area contributed by atoms with E-state index in [0.717, 1.165) is 27.5 Å². The summed E-state index contributed by atoms with van der Waals surface area (Å²) in [6.07, 6.45) is 3.38. The number of rotatable bonds is 22. The first kappa shape index (κ1) is 49.9. The predicted molar refractivity (Wildman–Crippen MR) is 263 cm³/mol. The molecule has 11 N–H and O–H groups in total. The van der Waals surface area contributed by atoms with Crippen LogP contribution >= 0.6 is 0 Å². The fraction of sp³-hybridized carbons (Fsp3) is 0.340. The fourth-order valence-corrected chi connectivity index (χ4v) is 8.79. The number of nitrogens with two attached hydrogens (primary N) is 2. The second kappa shape index (κ2) is 24.3. The van der Waals surface area contributed by atoms with Crippen LogP contribution in [0.15, 0.2) is 127 Å². The van der Waals surface area contributed by atoms with Crippen molar-refractivity contribution in [2.75, 3.05) is 6.54 Å². The van der Waals surface area contributed by atoms with Crippen molar-refractivity contribution in [3.63, 3.8) is 0 Å². The molecular weight excluding hydrogens is 859 g/mol. The van der Waals surface area contributed by atoms with Crippen molar-refractivity contribution < 1.29 is 28.8 Å². The van der Waals surface area contributed by atoms with Crippen molar-refractivity contribution in [3.05, 3.63) is 155 Å². The molecule has 1 aliphatic carbocycles. The van der Waals surface area contributed by atoms with E-state index >= 15 is 0 Å². The molecule has 1 fully saturated rings. The van der Waals surface area contributed by atoms with Gasteiger partial charge in [0.25, 0.3) is 0 Å². The third-order valence-corrected chi connectivity index (χ3v) is 12.5. The van der Waals surface area contributed by atoms with E-state index in [2.05, 4.69) is 44.0 Å². The van der Waals surface area contributed by atoms with Gasteiger partial charge >= 0.3 is 0 Å².